The molecule has 1 aliphatic rings. The third-order valence-electron chi connectivity index (χ3n) is 3.12. The van der Waals surface area contributed by atoms with Gasteiger partial charge in [0.15, 0.2) is 0 Å². The number of hydrogen-bond donors (Lipinski definition) is 0. The van der Waals surface area contributed by atoms with E-state index >= 15 is 0 Å². The second kappa shape index (κ2) is 50.0. The Morgan fingerprint density at radius 2 is 1.23 bits per heavy atom. The van der Waals surface area contributed by atoms with Crippen molar-refractivity contribution >= 4 is 9.52 Å². The van der Waals surface area contributed by atoms with E-state index in [4.69, 9.17) is 5.73 Å². The first-order valence-electron chi connectivity index (χ1n) is 8.93. The smallest absolute Gasteiger partial charge is 0.0213 e. The number of rotatable bonds is 10. The molecule has 1 rings (SSSR count). The molecule has 0 saturated carbocycles. The first-order valence-corrected chi connectivity index (χ1v) is 11.2. The first kappa shape index (κ1) is 45.3. The van der Waals surface area contributed by atoms with Gasteiger partial charge in [0.2, 0.25) is 0 Å². The molecule has 1 aliphatic carbocycles. The van der Waals surface area contributed by atoms with E-state index in [2.05, 4.69) is 32.2 Å². The molecular formula is C23H52HfNSi-8. The van der Waals surface area contributed by atoms with Gasteiger partial charge in [-0.3, -0.25) is 6.08 Å². The van der Waals surface area contributed by atoms with Crippen LogP contribution in [0.4, 0.5) is 0 Å². The number of nitrogens with one attached hydrogen (secondary N) is 1. The fraction of sp³-hybridized carbons (Fsp3) is 0.652. The summed E-state index contributed by atoms with van der Waals surface area (Å²) >= 11 is 0. The van der Waals surface area contributed by atoms with Gasteiger partial charge in [-0.25, -0.2) is 12.2 Å². The van der Waals surface area contributed by atoms with Crippen LogP contribution < -0.4 is 0 Å². The van der Waals surface area contributed by atoms with Crippen molar-refractivity contribution in [1.82, 2.24) is 0 Å². The summed E-state index contributed by atoms with van der Waals surface area (Å²) in [7, 11) is 0.750. The first-order chi connectivity index (χ1) is 10.3. The van der Waals surface area contributed by atoms with Crippen molar-refractivity contribution in [3.8, 4) is 0 Å². The summed E-state index contributed by atoms with van der Waals surface area (Å²) in [5.41, 5.74) is 7.00. The van der Waals surface area contributed by atoms with Crippen molar-refractivity contribution in [3.63, 3.8) is 0 Å². The molecule has 0 unspecified atom stereocenters. The van der Waals surface area contributed by atoms with Gasteiger partial charge < -0.3 is 38.3 Å². The average molecular weight is 549 g/mol. The van der Waals surface area contributed by atoms with Gasteiger partial charge in [0.25, 0.3) is 0 Å². The van der Waals surface area contributed by atoms with E-state index < -0.39 is 0 Å². The largest absolute Gasteiger partial charge is 1.00 e. The van der Waals surface area contributed by atoms with E-state index in [0.717, 1.165) is 22.4 Å². The topological polar surface area (TPSA) is 23.8 Å². The maximum atomic E-state index is 7.00. The normalized spacial score (nSPS) is 9.38. The fourth-order valence-electron chi connectivity index (χ4n) is 1.95. The molecule has 1 nitrogen and oxygen atoms in total. The van der Waals surface area contributed by atoms with Crippen LogP contribution in [0.5, 0.6) is 0 Å². The summed E-state index contributed by atoms with van der Waals surface area (Å²) in [5.74, 6) is 0. The molecule has 0 spiro atoms. The van der Waals surface area contributed by atoms with E-state index in [0.29, 0.717) is 6.54 Å². The summed E-state index contributed by atoms with van der Waals surface area (Å²) in [6.07, 6.45) is 23.6. The third-order valence-corrected chi connectivity index (χ3v) is 3.12. The Labute approximate surface area is 194 Å². The van der Waals surface area contributed by atoms with Crippen LogP contribution in [0.25, 0.3) is 5.73 Å². The van der Waals surface area contributed by atoms with E-state index in [1.807, 2.05) is 12.2 Å². The molecule has 26 heavy (non-hydrogen) atoms. The number of allylic oxidation sites excluding steroid dienone is 4. The average Bonchev–Trinajstić information content (AvgIpc) is 3.06. The molecule has 0 heterocycles. The summed E-state index contributed by atoms with van der Waals surface area (Å²) in [6.45, 7) is 7.30. The van der Waals surface area contributed by atoms with E-state index in [-0.39, 0.29) is 58.4 Å². The molecule has 0 aromatic rings. The Kier molecular flexibility index (Phi) is 87.2. The summed E-state index contributed by atoms with van der Waals surface area (Å²) in [5, 5.41) is 0. The van der Waals surface area contributed by atoms with E-state index in [9.17, 15) is 0 Å². The summed E-state index contributed by atoms with van der Waals surface area (Å²) in [6, 6.07) is 0. The van der Waals surface area contributed by atoms with Gasteiger partial charge in [-0.15, -0.1) is 6.42 Å². The van der Waals surface area contributed by atoms with Crippen molar-refractivity contribution in [2.24, 2.45) is 0 Å². The van der Waals surface area contributed by atoms with Crippen molar-refractivity contribution in [2.45, 2.75) is 90.6 Å². The second-order valence-electron chi connectivity index (χ2n) is 5.51. The van der Waals surface area contributed by atoms with Crippen molar-refractivity contribution in [3.05, 3.63) is 59.7 Å². The molecule has 0 aromatic carbocycles. The van der Waals surface area contributed by atoms with E-state index in [1.54, 1.807) is 0 Å². The minimum absolute atomic E-state index is 0. The predicted octanol–water partition coefficient (Wildman–Crippen LogP) is 8.81. The van der Waals surface area contributed by atoms with Crippen LogP contribution in [0.1, 0.15) is 80.4 Å². The third kappa shape index (κ3) is 56.3. The van der Waals surface area contributed by atoms with Crippen LogP contribution >= 0.6 is 0 Å². The zero-order valence-electron chi connectivity index (χ0n) is 21.3. The zero-order chi connectivity index (χ0) is 16.0. The van der Waals surface area contributed by atoms with Crippen molar-refractivity contribution < 1.29 is 28.7 Å². The maximum absolute atomic E-state index is 7.00. The van der Waals surface area contributed by atoms with Gasteiger partial charge in [0.1, 0.15) is 0 Å². The van der Waals surface area contributed by atoms with Gasteiger partial charge in [0, 0.05) is 35.4 Å². The standard InChI is InChI=1S/C12H26N.C5H5.C2H7Si.4CH3.Hf.2H/c1-2-3-4-5-6-7-8-9-10-11-12-13;1-2-4-5-3-1;1-3-2;;;;;;;/h13H,2-12H2,1H3;1-3H,4H2;3H,1-2H3;4*1H3;;;/q2*-1;;4*-1;;2*-1. The SMILES string of the molecule is CCCCCCCCCCCC[NH-].C[SiH]C.[C-]1=CC=CC1.[CH3-].[CH3-].[CH3-].[CH3-].[H-].[H-].[Hf]. The monoisotopic (exact) mass is 550 g/mol. The summed E-state index contributed by atoms with van der Waals surface area (Å²) in [4.78, 5) is 0. The van der Waals surface area contributed by atoms with Crippen molar-refractivity contribution in [2.75, 3.05) is 6.54 Å². The molecule has 1 N–H and O–H groups in total. The summed E-state index contributed by atoms with van der Waals surface area (Å²) < 4.78 is 0. The van der Waals surface area contributed by atoms with Crippen LogP contribution in [-0.4, -0.2) is 16.1 Å². The molecule has 0 atom stereocenters. The minimum atomic E-state index is 0. The van der Waals surface area contributed by atoms with Crippen LogP contribution in [0.2, 0.25) is 13.1 Å². The molecule has 0 amide bonds. The van der Waals surface area contributed by atoms with Crippen LogP contribution in [0, 0.1) is 35.8 Å². The van der Waals surface area contributed by atoms with Crippen LogP contribution in [0.3, 0.4) is 0 Å². The quantitative estimate of drug-likeness (QED) is 0.148. The molecular weight excluding hydrogens is 497 g/mol. The number of unbranched alkanes of at least 4 members (excludes halogenated alkanes) is 9. The molecule has 0 aromatic heterocycles. The maximum Gasteiger partial charge on any atom is 0.0213 e. The van der Waals surface area contributed by atoms with Gasteiger partial charge in [-0.05, 0) is 0 Å². The van der Waals surface area contributed by atoms with Crippen LogP contribution in [0.15, 0.2) is 18.2 Å². The zero-order valence-corrected chi connectivity index (χ0v) is 24.0. The second-order valence-corrected chi connectivity index (χ2v) is 6.67. The molecule has 0 bridgehead atoms. The fourth-order valence-corrected chi connectivity index (χ4v) is 1.95. The molecule has 3 heteroatoms. The molecule has 0 saturated heterocycles. The Morgan fingerprint density at radius 1 is 0.846 bits per heavy atom. The number of hydrogen-bond acceptors (Lipinski definition) is 0. The molecule has 0 aliphatic heterocycles. The Hall–Kier alpha value is 0.527. The Bertz CT molecular complexity index is 209. The molecule has 1 radical (unpaired) electrons. The molecule has 0 fully saturated rings. The molecule has 165 valence electrons. The van der Waals surface area contributed by atoms with Gasteiger partial charge in [-0.1, -0.05) is 84.2 Å². The van der Waals surface area contributed by atoms with Crippen molar-refractivity contribution in [1.29, 1.82) is 0 Å². The van der Waals surface area contributed by atoms with E-state index in [1.165, 1.54) is 57.8 Å². The van der Waals surface area contributed by atoms with Gasteiger partial charge in [-0.2, -0.15) is 12.6 Å². The Balaban J connectivity index is -0.0000000298. The Morgan fingerprint density at radius 3 is 1.46 bits per heavy atom. The van der Waals surface area contributed by atoms with Gasteiger partial charge >= 0.3 is 0 Å². The predicted molar refractivity (Wildman–Crippen MR) is 129 cm³/mol. The minimum Gasteiger partial charge on any atom is -1.00 e. The van der Waals surface area contributed by atoms with Gasteiger partial charge in [0.05, 0.1) is 0 Å². The van der Waals surface area contributed by atoms with Crippen LogP contribution in [-0.2, 0) is 25.8 Å².